The predicted octanol–water partition coefficient (Wildman–Crippen LogP) is 4.31. The van der Waals surface area contributed by atoms with Crippen molar-refractivity contribution in [1.29, 1.82) is 0 Å². The summed E-state index contributed by atoms with van der Waals surface area (Å²) in [5.74, 6) is 0.504. The fourth-order valence-corrected chi connectivity index (χ4v) is 2.81. The van der Waals surface area contributed by atoms with E-state index in [2.05, 4.69) is 29.4 Å². The van der Waals surface area contributed by atoms with Crippen molar-refractivity contribution in [3.63, 3.8) is 0 Å². The molecule has 0 fully saturated rings. The van der Waals surface area contributed by atoms with E-state index in [1.54, 1.807) is 6.92 Å². The van der Waals surface area contributed by atoms with Crippen molar-refractivity contribution in [2.24, 2.45) is 0 Å². The maximum atomic E-state index is 12.5. The van der Waals surface area contributed by atoms with Crippen LogP contribution in [0.25, 0.3) is 0 Å². The molecular formula is C16H19F2N3O2S. The van der Waals surface area contributed by atoms with Gasteiger partial charge >= 0.3 is 0 Å². The number of alkyl halides is 2. The molecule has 0 spiro atoms. The van der Waals surface area contributed by atoms with Crippen LogP contribution in [0.3, 0.4) is 0 Å². The Hall–Kier alpha value is -2.09. The summed E-state index contributed by atoms with van der Waals surface area (Å²) in [6.45, 7) is 7.78. The molecule has 0 aliphatic heterocycles. The summed E-state index contributed by atoms with van der Waals surface area (Å²) >= 11 is 0.641. The molecule has 1 aromatic carbocycles. The average molecular weight is 355 g/mol. The number of hydrogen-bond donors (Lipinski definition) is 1. The van der Waals surface area contributed by atoms with Crippen LogP contribution in [0.1, 0.15) is 49.2 Å². The van der Waals surface area contributed by atoms with Crippen LogP contribution in [0.15, 0.2) is 18.2 Å². The zero-order valence-electron chi connectivity index (χ0n) is 13.8. The number of hydrogen-bond acceptors (Lipinski definition) is 5. The largest absolute Gasteiger partial charge is 0.481 e. The van der Waals surface area contributed by atoms with E-state index in [-0.39, 0.29) is 5.13 Å². The first-order chi connectivity index (χ1) is 11.3. The summed E-state index contributed by atoms with van der Waals surface area (Å²) in [5.41, 5.74) is 2.30. The summed E-state index contributed by atoms with van der Waals surface area (Å²) in [6.07, 6.45) is -3.50. The molecule has 2 aromatic rings. The van der Waals surface area contributed by atoms with Gasteiger partial charge in [0.05, 0.1) is 0 Å². The number of carbonyl (C=O) groups is 1. The van der Waals surface area contributed by atoms with Crippen LogP contribution in [0.2, 0.25) is 0 Å². The van der Waals surface area contributed by atoms with Gasteiger partial charge in [-0.15, -0.1) is 10.2 Å². The van der Waals surface area contributed by atoms with Crippen LogP contribution >= 0.6 is 11.3 Å². The monoisotopic (exact) mass is 355 g/mol. The van der Waals surface area contributed by atoms with Gasteiger partial charge in [0.25, 0.3) is 12.3 Å². The molecular weight excluding hydrogens is 336 g/mol. The Bertz CT molecular complexity index is 719. The third-order valence-corrected chi connectivity index (χ3v) is 4.25. The highest BCUT2D eigenvalue weighted by atomic mass is 32.1. The summed E-state index contributed by atoms with van der Waals surface area (Å²) in [7, 11) is 0. The van der Waals surface area contributed by atoms with Crippen LogP contribution in [0, 0.1) is 6.92 Å². The first-order valence-electron chi connectivity index (χ1n) is 7.47. The van der Waals surface area contributed by atoms with Crippen molar-refractivity contribution in [2.45, 2.75) is 46.1 Å². The van der Waals surface area contributed by atoms with Crippen molar-refractivity contribution >= 4 is 22.4 Å². The fraction of sp³-hybridized carbons (Fsp3) is 0.438. The molecule has 2 rings (SSSR count). The summed E-state index contributed by atoms with van der Waals surface area (Å²) in [6, 6.07) is 5.66. The quantitative estimate of drug-likeness (QED) is 0.838. The van der Waals surface area contributed by atoms with Crippen LogP contribution in [0.4, 0.5) is 13.9 Å². The van der Waals surface area contributed by atoms with Crippen LogP contribution in [-0.2, 0) is 4.79 Å². The smallest absolute Gasteiger partial charge is 0.291 e. The van der Waals surface area contributed by atoms with Gasteiger partial charge < -0.3 is 4.74 Å². The van der Waals surface area contributed by atoms with E-state index < -0.39 is 23.4 Å². The minimum absolute atomic E-state index is 0.0251. The number of amides is 1. The lowest BCUT2D eigenvalue weighted by Gasteiger charge is -2.16. The molecule has 1 aromatic heterocycles. The molecule has 8 heteroatoms. The van der Waals surface area contributed by atoms with Gasteiger partial charge in [-0.1, -0.05) is 31.3 Å². The molecule has 1 unspecified atom stereocenters. The van der Waals surface area contributed by atoms with E-state index in [4.69, 9.17) is 4.74 Å². The van der Waals surface area contributed by atoms with Gasteiger partial charge in [0.15, 0.2) is 11.1 Å². The summed E-state index contributed by atoms with van der Waals surface area (Å²) in [5, 5.41) is 8.85. The Morgan fingerprint density at radius 1 is 1.25 bits per heavy atom. The van der Waals surface area contributed by atoms with E-state index in [9.17, 15) is 13.6 Å². The van der Waals surface area contributed by atoms with Crippen LogP contribution < -0.4 is 10.1 Å². The number of rotatable bonds is 6. The van der Waals surface area contributed by atoms with E-state index in [0.29, 0.717) is 23.0 Å². The number of nitrogens with one attached hydrogen (secondary N) is 1. The molecule has 1 N–H and O–H groups in total. The molecule has 1 heterocycles. The van der Waals surface area contributed by atoms with Gasteiger partial charge in [0.2, 0.25) is 5.13 Å². The van der Waals surface area contributed by atoms with Crippen molar-refractivity contribution in [3.05, 3.63) is 34.3 Å². The SMILES string of the molecule is Cc1cc(OC(C)C(=O)Nc2nnc(C(F)F)s2)ccc1C(C)C. The maximum absolute atomic E-state index is 12.5. The molecule has 5 nitrogen and oxygen atoms in total. The summed E-state index contributed by atoms with van der Waals surface area (Å²) < 4.78 is 30.5. The number of benzene rings is 1. The van der Waals surface area contributed by atoms with Gasteiger partial charge in [0, 0.05) is 0 Å². The second kappa shape index (κ2) is 7.65. The van der Waals surface area contributed by atoms with Crippen LogP contribution in [0.5, 0.6) is 5.75 Å². The first kappa shape index (κ1) is 18.3. The number of carbonyl (C=O) groups excluding carboxylic acids is 1. The Morgan fingerprint density at radius 3 is 2.50 bits per heavy atom. The second-order valence-corrected chi connectivity index (χ2v) is 6.68. The third-order valence-electron chi connectivity index (χ3n) is 3.40. The molecule has 0 bridgehead atoms. The molecule has 1 atom stereocenters. The minimum Gasteiger partial charge on any atom is -0.481 e. The van der Waals surface area contributed by atoms with Crippen molar-refractivity contribution in [2.75, 3.05) is 5.32 Å². The highest BCUT2D eigenvalue weighted by Crippen LogP contribution is 2.26. The van der Waals surface area contributed by atoms with Crippen molar-refractivity contribution in [3.8, 4) is 5.75 Å². The molecule has 1 amide bonds. The standard InChI is InChI=1S/C16H19F2N3O2S/c1-8(2)12-6-5-11(7-9(12)3)23-10(4)14(22)19-16-21-20-15(24-16)13(17)18/h5-8,10,13H,1-4H3,(H,19,21,22). The van der Waals surface area contributed by atoms with Crippen molar-refractivity contribution < 1.29 is 18.3 Å². The van der Waals surface area contributed by atoms with Crippen molar-refractivity contribution in [1.82, 2.24) is 10.2 Å². The number of aromatic nitrogens is 2. The molecule has 0 saturated heterocycles. The van der Waals surface area contributed by atoms with E-state index in [1.807, 2.05) is 25.1 Å². The van der Waals surface area contributed by atoms with Gasteiger partial charge in [-0.3, -0.25) is 10.1 Å². The lowest BCUT2D eigenvalue weighted by atomic mass is 9.98. The topological polar surface area (TPSA) is 64.1 Å². The minimum atomic E-state index is -2.70. The van der Waals surface area contributed by atoms with E-state index in [1.165, 1.54) is 5.56 Å². The number of halogens is 2. The number of nitrogens with zero attached hydrogens (tertiary/aromatic N) is 2. The molecule has 0 aliphatic carbocycles. The lowest BCUT2D eigenvalue weighted by molar-refractivity contribution is -0.122. The highest BCUT2D eigenvalue weighted by Gasteiger charge is 2.19. The number of ether oxygens (including phenoxy) is 1. The number of aryl methyl sites for hydroxylation is 1. The molecule has 0 saturated carbocycles. The first-order valence-corrected chi connectivity index (χ1v) is 8.29. The van der Waals surface area contributed by atoms with E-state index >= 15 is 0 Å². The summed E-state index contributed by atoms with van der Waals surface area (Å²) in [4.78, 5) is 12.1. The van der Waals surface area contributed by atoms with Gasteiger partial charge in [-0.2, -0.15) is 0 Å². The second-order valence-electron chi connectivity index (χ2n) is 5.67. The highest BCUT2D eigenvalue weighted by molar-refractivity contribution is 7.15. The van der Waals surface area contributed by atoms with Gasteiger partial charge in [-0.25, -0.2) is 8.78 Å². The Morgan fingerprint density at radius 2 is 1.96 bits per heavy atom. The predicted molar refractivity (Wildman–Crippen MR) is 88.9 cm³/mol. The fourth-order valence-electron chi connectivity index (χ4n) is 2.21. The Balaban J connectivity index is 1.99. The van der Waals surface area contributed by atoms with E-state index in [0.717, 1.165) is 5.56 Å². The van der Waals surface area contributed by atoms with Crippen LogP contribution in [-0.4, -0.2) is 22.2 Å². The van der Waals surface area contributed by atoms with Gasteiger partial charge in [-0.05, 0) is 43.0 Å². The molecule has 24 heavy (non-hydrogen) atoms. The molecule has 0 radical (unpaired) electrons. The molecule has 130 valence electrons. The third kappa shape index (κ3) is 4.47. The normalized spacial score (nSPS) is 12.5. The molecule has 0 aliphatic rings. The average Bonchev–Trinajstić information content (AvgIpc) is 2.95. The Labute approximate surface area is 143 Å². The maximum Gasteiger partial charge on any atom is 0.291 e. The zero-order valence-corrected chi connectivity index (χ0v) is 14.7. The zero-order chi connectivity index (χ0) is 17.9. The van der Waals surface area contributed by atoms with Gasteiger partial charge in [0.1, 0.15) is 5.75 Å². The Kier molecular flexibility index (Phi) is 5.82. The lowest BCUT2D eigenvalue weighted by Crippen LogP contribution is -2.30. The number of anilines is 1.